The number of piperidine rings is 1. The van der Waals surface area contributed by atoms with Crippen molar-refractivity contribution >= 4 is 17.6 Å². The minimum Gasteiger partial charge on any atom is -0.378 e. The molecule has 136 valence electrons. The molecule has 0 aromatic heterocycles. The van der Waals surface area contributed by atoms with Crippen molar-refractivity contribution < 1.29 is 14.3 Å². The van der Waals surface area contributed by atoms with E-state index in [0.29, 0.717) is 39.4 Å². The van der Waals surface area contributed by atoms with Crippen LogP contribution in [0.3, 0.4) is 0 Å². The van der Waals surface area contributed by atoms with Crippen LogP contribution in [0.15, 0.2) is 24.3 Å². The maximum Gasteiger partial charge on any atom is 0.321 e. The lowest BCUT2D eigenvalue weighted by Crippen LogP contribution is -2.50. The van der Waals surface area contributed by atoms with Crippen LogP contribution in [-0.4, -0.2) is 61.1 Å². The topological polar surface area (TPSA) is 61.9 Å². The Balaban J connectivity index is 1.58. The molecule has 0 spiro atoms. The lowest BCUT2D eigenvalue weighted by molar-refractivity contribution is -0.141. The molecule has 3 rings (SSSR count). The maximum atomic E-state index is 12.7. The molecular formula is C19H27N3O3. The molecule has 3 amide bonds. The molecule has 1 aromatic rings. The molecule has 2 heterocycles. The Morgan fingerprint density at radius 1 is 1.20 bits per heavy atom. The fraction of sp³-hybridized carbons (Fsp3) is 0.579. The van der Waals surface area contributed by atoms with Crippen LogP contribution in [0.4, 0.5) is 10.5 Å². The second-order valence-electron chi connectivity index (χ2n) is 6.71. The third kappa shape index (κ3) is 4.51. The molecule has 1 atom stereocenters. The first kappa shape index (κ1) is 17.7. The third-order valence-corrected chi connectivity index (χ3v) is 4.97. The van der Waals surface area contributed by atoms with Gasteiger partial charge in [-0.15, -0.1) is 0 Å². The molecule has 2 aliphatic heterocycles. The lowest BCUT2D eigenvalue weighted by Gasteiger charge is -2.36. The minimum atomic E-state index is -0.118. The summed E-state index contributed by atoms with van der Waals surface area (Å²) in [7, 11) is 0. The first-order chi connectivity index (χ1) is 12.2. The van der Waals surface area contributed by atoms with Gasteiger partial charge >= 0.3 is 6.03 Å². The van der Waals surface area contributed by atoms with Gasteiger partial charge in [-0.1, -0.05) is 19.1 Å². The van der Waals surface area contributed by atoms with Crippen molar-refractivity contribution in [2.24, 2.45) is 5.92 Å². The van der Waals surface area contributed by atoms with E-state index >= 15 is 0 Å². The molecule has 2 fully saturated rings. The SMILES string of the molecule is CCc1cccc(NC(=O)N2CCC[C@@H](C(=O)N3CCOCC3)C2)c1. The van der Waals surface area contributed by atoms with Crippen LogP contribution in [-0.2, 0) is 16.0 Å². The number of likely N-dealkylation sites (tertiary alicyclic amines) is 1. The van der Waals surface area contributed by atoms with Crippen molar-refractivity contribution in [3.8, 4) is 0 Å². The van der Waals surface area contributed by atoms with Gasteiger partial charge in [0.25, 0.3) is 0 Å². The number of carbonyl (C=O) groups is 2. The quantitative estimate of drug-likeness (QED) is 0.915. The average Bonchev–Trinajstić information content (AvgIpc) is 2.68. The molecule has 6 heteroatoms. The van der Waals surface area contributed by atoms with Gasteiger partial charge < -0.3 is 19.9 Å². The molecular weight excluding hydrogens is 318 g/mol. The number of aryl methyl sites for hydroxylation is 1. The Morgan fingerprint density at radius 2 is 2.00 bits per heavy atom. The monoisotopic (exact) mass is 345 g/mol. The molecule has 1 aromatic carbocycles. The average molecular weight is 345 g/mol. The summed E-state index contributed by atoms with van der Waals surface area (Å²) in [6.07, 6.45) is 2.65. The molecule has 0 bridgehead atoms. The lowest BCUT2D eigenvalue weighted by atomic mass is 9.96. The van der Waals surface area contributed by atoms with Gasteiger partial charge in [-0.25, -0.2) is 4.79 Å². The summed E-state index contributed by atoms with van der Waals surface area (Å²) in [5.41, 5.74) is 2.00. The van der Waals surface area contributed by atoms with E-state index in [4.69, 9.17) is 4.74 Å². The predicted octanol–water partition coefficient (Wildman–Crippen LogP) is 2.35. The standard InChI is InChI=1S/C19H27N3O3/c1-2-15-5-3-7-17(13-15)20-19(24)22-8-4-6-16(14-22)18(23)21-9-11-25-12-10-21/h3,5,7,13,16H,2,4,6,8-12,14H2,1H3,(H,20,24)/t16-/m1/s1. The van der Waals surface area contributed by atoms with E-state index in [9.17, 15) is 9.59 Å². The zero-order valence-corrected chi connectivity index (χ0v) is 14.9. The number of ether oxygens (including phenoxy) is 1. The van der Waals surface area contributed by atoms with Gasteiger partial charge in [0.15, 0.2) is 0 Å². The Kier molecular flexibility index (Phi) is 5.91. The normalized spacial score (nSPS) is 21.1. The number of morpholine rings is 1. The van der Waals surface area contributed by atoms with E-state index in [1.807, 2.05) is 29.2 Å². The molecule has 6 nitrogen and oxygen atoms in total. The van der Waals surface area contributed by atoms with Gasteiger partial charge in [0.05, 0.1) is 19.1 Å². The summed E-state index contributed by atoms with van der Waals surface area (Å²) in [4.78, 5) is 28.9. The number of rotatable bonds is 3. The molecule has 25 heavy (non-hydrogen) atoms. The number of hydrogen-bond acceptors (Lipinski definition) is 3. The summed E-state index contributed by atoms with van der Waals surface area (Å²) >= 11 is 0. The largest absolute Gasteiger partial charge is 0.378 e. The fourth-order valence-corrected chi connectivity index (χ4v) is 3.48. The molecule has 2 aliphatic rings. The Labute approximate surface area is 149 Å². The van der Waals surface area contributed by atoms with Crippen molar-refractivity contribution in [2.75, 3.05) is 44.7 Å². The molecule has 0 aliphatic carbocycles. The van der Waals surface area contributed by atoms with Gasteiger partial charge in [0, 0.05) is 31.9 Å². The molecule has 2 saturated heterocycles. The second-order valence-corrected chi connectivity index (χ2v) is 6.71. The molecule has 0 unspecified atom stereocenters. The van der Waals surface area contributed by atoms with Gasteiger partial charge in [0.1, 0.15) is 0 Å². The number of carbonyl (C=O) groups excluding carboxylic acids is 2. The number of nitrogens with one attached hydrogen (secondary N) is 1. The number of anilines is 1. The fourth-order valence-electron chi connectivity index (χ4n) is 3.48. The Bertz CT molecular complexity index is 614. The zero-order valence-electron chi connectivity index (χ0n) is 14.9. The van der Waals surface area contributed by atoms with E-state index in [-0.39, 0.29) is 17.9 Å². The van der Waals surface area contributed by atoms with Crippen LogP contribution >= 0.6 is 0 Å². The highest BCUT2D eigenvalue weighted by atomic mass is 16.5. The number of benzene rings is 1. The first-order valence-corrected chi connectivity index (χ1v) is 9.18. The molecule has 0 saturated carbocycles. The predicted molar refractivity (Wildman–Crippen MR) is 96.5 cm³/mol. The highest BCUT2D eigenvalue weighted by Gasteiger charge is 2.31. The van der Waals surface area contributed by atoms with Gasteiger partial charge in [0.2, 0.25) is 5.91 Å². The van der Waals surface area contributed by atoms with Crippen LogP contribution in [0.5, 0.6) is 0 Å². The van der Waals surface area contributed by atoms with Crippen LogP contribution in [0.25, 0.3) is 0 Å². The Morgan fingerprint density at radius 3 is 2.76 bits per heavy atom. The molecule has 1 N–H and O–H groups in total. The number of nitrogens with zero attached hydrogens (tertiary/aromatic N) is 2. The van der Waals surface area contributed by atoms with E-state index in [0.717, 1.165) is 24.9 Å². The second kappa shape index (κ2) is 8.34. The van der Waals surface area contributed by atoms with Crippen LogP contribution in [0.1, 0.15) is 25.3 Å². The van der Waals surface area contributed by atoms with Gasteiger partial charge in [-0.3, -0.25) is 4.79 Å². The number of amides is 3. The van der Waals surface area contributed by atoms with Crippen LogP contribution < -0.4 is 5.32 Å². The van der Waals surface area contributed by atoms with E-state index in [1.54, 1.807) is 4.90 Å². The zero-order chi connectivity index (χ0) is 17.6. The van der Waals surface area contributed by atoms with E-state index < -0.39 is 0 Å². The summed E-state index contributed by atoms with van der Waals surface area (Å²) in [6, 6.07) is 7.78. The first-order valence-electron chi connectivity index (χ1n) is 9.18. The van der Waals surface area contributed by atoms with Crippen LogP contribution in [0, 0.1) is 5.92 Å². The van der Waals surface area contributed by atoms with Crippen molar-refractivity contribution in [3.63, 3.8) is 0 Å². The van der Waals surface area contributed by atoms with Crippen LogP contribution in [0.2, 0.25) is 0 Å². The minimum absolute atomic E-state index is 0.0976. The smallest absolute Gasteiger partial charge is 0.321 e. The summed E-state index contributed by atoms with van der Waals surface area (Å²) in [6.45, 7) is 5.82. The summed E-state index contributed by atoms with van der Waals surface area (Å²) < 4.78 is 5.31. The molecule has 0 radical (unpaired) electrons. The highest BCUT2D eigenvalue weighted by molar-refractivity contribution is 5.90. The summed E-state index contributed by atoms with van der Waals surface area (Å²) in [5, 5.41) is 2.97. The van der Waals surface area contributed by atoms with Gasteiger partial charge in [-0.05, 0) is 37.0 Å². The maximum absolute atomic E-state index is 12.7. The Hall–Kier alpha value is -2.08. The summed E-state index contributed by atoms with van der Waals surface area (Å²) in [5.74, 6) is 0.0633. The number of urea groups is 1. The van der Waals surface area contributed by atoms with Crippen molar-refractivity contribution in [2.45, 2.75) is 26.2 Å². The van der Waals surface area contributed by atoms with Crippen molar-refractivity contribution in [1.29, 1.82) is 0 Å². The van der Waals surface area contributed by atoms with Crippen molar-refractivity contribution in [3.05, 3.63) is 29.8 Å². The van der Waals surface area contributed by atoms with E-state index in [1.165, 1.54) is 5.56 Å². The van der Waals surface area contributed by atoms with Crippen molar-refractivity contribution in [1.82, 2.24) is 9.80 Å². The highest BCUT2D eigenvalue weighted by Crippen LogP contribution is 2.21. The number of hydrogen-bond donors (Lipinski definition) is 1. The van der Waals surface area contributed by atoms with Gasteiger partial charge in [-0.2, -0.15) is 0 Å². The third-order valence-electron chi connectivity index (χ3n) is 4.97. The van der Waals surface area contributed by atoms with E-state index in [2.05, 4.69) is 12.2 Å².